The molecular formula is C13H21N3OS. The largest absolute Gasteiger partial charge is 0.350 e. The van der Waals surface area contributed by atoms with Crippen molar-refractivity contribution in [1.29, 1.82) is 0 Å². The van der Waals surface area contributed by atoms with Gasteiger partial charge in [0.1, 0.15) is 5.01 Å². The first-order chi connectivity index (χ1) is 8.65. The van der Waals surface area contributed by atoms with E-state index in [0.29, 0.717) is 24.9 Å². The zero-order valence-electron chi connectivity index (χ0n) is 11.0. The van der Waals surface area contributed by atoms with Crippen LogP contribution in [0.25, 0.3) is 0 Å². The third-order valence-electron chi connectivity index (χ3n) is 3.19. The fourth-order valence-corrected chi connectivity index (χ4v) is 2.97. The van der Waals surface area contributed by atoms with Gasteiger partial charge in [-0.15, -0.1) is 11.3 Å². The summed E-state index contributed by atoms with van der Waals surface area (Å²) in [5, 5.41) is 9.34. The number of carbonyl (C=O) groups is 1. The van der Waals surface area contributed by atoms with Crippen LogP contribution in [0.15, 0.2) is 5.38 Å². The van der Waals surface area contributed by atoms with E-state index in [1.54, 1.807) is 11.3 Å². The van der Waals surface area contributed by atoms with E-state index in [1.807, 2.05) is 0 Å². The Hall–Kier alpha value is -0.940. The van der Waals surface area contributed by atoms with Gasteiger partial charge in [0.2, 0.25) is 5.91 Å². The quantitative estimate of drug-likeness (QED) is 0.858. The lowest BCUT2D eigenvalue weighted by molar-refractivity contribution is -0.121. The number of thiazole rings is 1. The number of nitrogens with zero attached hydrogens (tertiary/aromatic N) is 1. The lowest BCUT2D eigenvalue weighted by Crippen LogP contribution is -2.31. The molecule has 1 aromatic rings. The van der Waals surface area contributed by atoms with Crippen LogP contribution in [0.2, 0.25) is 0 Å². The number of nitrogens with one attached hydrogen (secondary N) is 2. The Bertz CT molecular complexity index is 397. The van der Waals surface area contributed by atoms with Crippen LogP contribution in [-0.2, 0) is 11.3 Å². The number of hydrogen-bond acceptors (Lipinski definition) is 4. The molecular weight excluding hydrogens is 246 g/mol. The van der Waals surface area contributed by atoms with E-state index >= 15 is 0 Å². The molecule has 0 bridgehead atoms. The summed E-state index contributed by atoms with van der Waals surface area (Å²) in [6.45, 7) is 5.86. The van der Waals surface area contributed by atoms with Crippen LogP contribution < -0.4 is 10.6 Å². The molecule has 0 saturated carbocycles. The molecule has 1 amide bonds. The molecule has 100 valence electrons. The van der Waals surface area contributed by atoms with Crippen molar-refractivity contribution in [3.05, 3.63) is 16.1 Å². The van der Waals surface area contributed by atoms with Crippen LogP contribution in [-0.4, -0.2) is 23.5 Å². The second-order valence-corrected chi connectivity index (χ2v) is 6.04. The zero-order chi connectivity index (χ0) is 13.0. The van der Waals surface area contributed by atoms with Crippen molar-refractivity contribution in [2.24, 2.45) is 0 Å². The molecule has 1 fully saturated rings. The van der Waals surface area contributed by atoms with Gasteiger partial charge in [0.05, 0.1) is 12.2 Å². The van der Waals surface area contributed by atoms with E-state index < -0.39 is 0 Å². The first kappa shape index (κ1) is 13.5. The van der Waals surface area contributed by atoms with Gasteiger partial charge in [-0.2, -0.15) is 0 Å². The van der Waals surface area contributed by atoms with E-state index in [4.69, 9.17) is 0 Å². The minimum Gasteiger partial charge on any atom is -0.350 e. The summed E-state index contributed by atoms with van der Waals surface area (Å²) in [4.78, 5) is 16.2. The highest BCUT2D eigenvalue weighted by molar-refractivity contribution is 7.09. The predicted molar refractivity (Wildman–Crippen MR) is 73.7 cm³/mol. The topological polar surface area (TPSA) is 54.0 Å². The first-order valence-corrected chi connectivity index (χ1v) is 7.47. The maximum Gasteiger partial charge on any atom is 0.221 e. The summed E-state index contributed by atoms with van der Waals surface area (Å²) in [6.07, 6.45) is 2.88. The van der Waals surface area contributed by atoms with Crippen LogP contribution in [0.4, 0.5) is 0 Å². The summed E-state index contributed by atoms with van der Waals surface area (Å²) >= 11 is 1.62. The van der Waals surface area contributed by atoms with Crippen LogP contribution in [0.5, 0.6) is 0 Å². The van der Waals surface area contributed by atoms with Crippen molar-refractivity contribution in [2.45, 2.75) is 51.6 Å². The second-order valence-electron chi connectivity index (χ2n) is 5.09. The van der Waals surface area contributed by atoms with Crippen LogP contribution in [0.1, 0.15) is 49.7 Å². The normalized spacial score (nSPS) is 19.4. The summed E-state index contributed by atoms with van der Waals surface area (Å²) in [5.41, 5.74) is 1.11. The zero-order valence-corrected chi connectivity index (χ0v) is 11.8. The fraction of sp³-hybridized carbons (Fsp3) is 0.692. The molecule has 1 unspecified atom stereocenters. The molecule has 2 N–H and O–H groups in total. The molecule has 2 heterocycles. The average molecular weight is 267 g/mol. The molecule has 0 aliphatic carbocycles. The lowest BCUT2D eigenvalue weighted by atomic mass is 10.1. The maximum absolute atomic E-state index is 11.7. The Morgan fingerprint density at radius 1 is 1.67 bits per heavy atom. The van der Waals surface area contributed by atoms with Crippen molar-refractivity contribution >= 4 is 17.2 Å². The van der Waals surface area contributed by atoms with Gasteiger partial charge in [0.15, 0.2) is 0 Å². The highest BCUT2D eigenvalue weighted by Crippen LogP contribution is 2.17. The third-order valence-corrected chi connectivity index (χ3v) is 4.06. The van der Waals surface area contributed by atoms with E-state index in [2.05, 4.69) is 34.8 Å². The number of aromatic nitrogens is 1. The summed E-state index contributed by atoms with van der Waals surface area (Å²) < 4.78 is 0. The number of carbonyl (C=O) groups excluding carboxylic acids is 1. The summed E-state index contributed by atoms with van der Waals surface area (Å²) in [5.74, 6) is 0.573. The monoisotopic (exact) mass is 267 g/mol. The minimum atomic E-state index is 0.121. The van der Waals surface area contributed by atoms with Gasteiger partial charge in [-0.25, -0.2) is 4.98 Å². The lowest BCUT2D eigenvalue weighted by Gasteiger charge is -2.09. The molecule has 1 aromatic heterocycles. The smallest absolute Gasteiger partial charge is 0.221 e. The Labute approximate surface area is 112 Å². The summed E-state index contributed by atoms with van der Waals surface area (Å²) in [6, 6.07) is 0.368. The van der Waals surface area contributed by atoms with Gasteiger partial charge < -0.3 is 10.6 Å². The van der Waals surface area contributed by atoms with Gasteiger partial charge in [0, 0.05) is 17.8 Å². The Kier molecular flexibility index (Phi) is 4.72. The molecule has 18 heavy (non-hydrogen) atoms. The van der Waals surface area contributed by atoms with E-state index in [1.165, 1.54) is 6.42 Å². The molecule has 2 rings (SSSR count). The molecule has 1 atom stereocenters. The Morgan fingerprint density at radius 3 is 3.11 bits per heavy atom. The van der Waals surface area contributed by atoms with Crippen molar-refractivity contribution in [3.8, 4) is 0 Å². The molecule has 1 aliphatic rings. The first-order valence-electron chi connectivity index (χ1n) is 6.59. The predicted octanol–water partition coefficient (Wildman–Crippen LogP) is 2.02. The summed E-state index contributed by atoms with van der Waals surface area (Å²) in [7, 11) is 0. The number of amides is 1. The maximum atomic E-state index is 11.7. The van der Waals surface area contributed by atoms with E-state index in [-0.39, 0.29) is 5.91 Å². The second kappa shape index (κ2) is 6.29. The highest BCUT2D eigenvalue weighted by Gasteiger charge is 2.17. The van der Waals surface area contributed by atoms with Gasteiger partial charge in [-0.05, 0) is 25.3 Å². The van der Waals surface area contributed by atoms with Crippen LogP contribution in [0, 0.1) is 0 Å². The Balaban J connectivity index is 1.74. The number of hydrogen-bond donors (Lipinski definition) is 2. The average Bonchev–Trinajstić information content (AvgIpc) is 2.96. The standard InChI is InChI=1S/C13H21N3OS/c1-9(2)11-8-18-13(16-11)7-15-12(17)6-10-4-3-5-14-10/h8-10,14H,3-7H2,1-2H3,(H,15,17). The van der Waals surface area contributed by atoms with Crippen LogP contribution >= 0.6 is 11.3 Å². The molecule has 5 heteroatoms. The third kappa shape index (κ3) is 3.78. The van der Waals surface area contributed by atoms with Gasteiger partial charge in [-0.3, -0.25) is 4.79 Å². The van der Waals surface area contributed by atoms with Crippen molar-refractivity contribution in [2.75, 3.05) is 6.54 Å². The Morgan fingerprint density at radius 2 is 2.50 bits per heavy atom. The van der Waals surface area contributed by atoms with E-state index in [0.717, 1.165) is 23.7 Å². The minimum absolute atomic E-state index is 0.121. The molecule has 0 spiro atoms. The number of rotatable bonds is 5. The highest BCUT2D eigenvalue weighted by atomic mass is 32.1. The molecule has 0 aromatic carbocycles. The van der Waals surface area contributed by atoms with Crippen molar-refractivity contribution in [3.63, 3.8) is 0 Å². The van der Waals surface area contributed by atoms with Gasteiger partial charge in [0.25, 0.3) is 0 Å². The molecule has 4 nitrogen and oxygen atoms in total. The van der Waals surface area contributed by atoms with Crippen molar-refractivity contribution in [1.82, 2.24) is 15.6 Å². The molecule has 1 saturated heterocycles. The van der Waals surface area contributed by atoms with Gasteiger partial charge in [-0.1, -0.05) is 13.8 Å². The van der Waals surface area contributed by atoms with Crippen molar-refractivity contribution < 1.29 is 4.79 Å². The molecule has 1 aliphatic heterocycles. The van der Waals surface area contributed by atoms with Gasteiger partial charge >= 0.3 is 0 Å². The van der Waals surface area contributed by atoms with Crippen LogP contribution in [0.3, 0.4) is 0 Å². The fourth-order valence-electron chi connectivity index (χ4n) is 2.07. The van der Waals surface area contributed by atoms with E-state index in [9.17, 15) is 4.79 Å². The molecule has 0 radical (unpaired) electrons. The SMILES string of the molecule is CC(C)c1csc(CNC(=O)CC2CCCN2)n1.